The number of hydrogen-bond acceptors (Lipinski definition) is 3. The Labute approximate surface area is 131 Å². The summed E-state index contributed by atoms with van der Waals surface area (Å²) < 4.78 is 51.3. The second-order valence-corrected chi connectivity index (χ2v) is 5.87. The van der Waals surface area contributed by atoms with E-state index in [1.54, 1.807) is 0 Å². The molecule has 1 N–H and O–H groups in total. The van der Waals surface area contributed by atoms with E-state index in [-0.39, 0.29) is 27.0 Å². The van der Waals surface area contributed by atoms with Gasteiger partial charge in [0.1, 0.15) is 10.7 Å². The molecule has 0 saturated carbocycles. The second-order valence-electron chi connectivity index (χ2n) is 4.47. The van der Waals surface area contributed by atoms with Gasteiger partial charge in [-0.15, -0.1) is 0 Å². The number of amides is 1. The molecule has 118 valence electrons. The Morgan fingerprint density at radius 3 is 2.50 bits per heavy atom. The summed E-state index contributed by atoms with van der Waals surface area (Å²) >= 11 is 6.09. The van der Waals surface area contributed by atoms with E-state index in [0.717, 1.165) is 6.07 Å². The molecular formula is C13H9ClF4N2OS. The normalized spacial score (nSPS) is 11.6. The number of nitrogens with one attached hydrogen (secondary N) is 1. The molecule has 2 aromatic rings. The van der Waals surface area contributed by atoms with Crippen LogP contribution in [-0.4, -0.2) is 10.9 Å². The fourth-order valence-electron chi connectivity index (χ4n) is 1.71. The summed E-state index contributed by atoms with van der Waals surface area (Å²) in [7, 11) is 0. The number of thiazole rings is 1. The van der Waals surface area contributed by atoms with E-state index in [1.165, 1.54) is 19.9 Å². The minimum absolute atomic E-state index is 0.0398. The first-order chi connectivity index (χ1) is 10.1. The quantitative estimate of drug-likeness (QED) is 0.787. The van der Waals surface area contributed by atoms with Gasteiger partial charge in [0, 0.05) is 0 Å². The number of aromatic nitrogens is 1. The molecule has 9 heteroatoms. The average Bonchev–Trinajstić information content (AvgIpc) is 2.74. The topological polar surface area (TPSA) is 42.0 Å². The molecule has 1 aromatic heterocycles. The molecule has 0 aliphatic carbocycles. The minimum atomic E-state index is -4.53. The van der Waals surface area contributed by atoms with Gasteiger partial charge in [0.05, 0.1) is 16.3 Å². The van der Waals surface area contributed by atoms with Crippen LogP contribution < -0.4 is 5.32 Å². The maximum absolute atomic E-state index is 13.3. The lowest BCUT2D eigenvalue weighted by atomic mass is 10.1. The summed E-state index contributed by atoms with van der Waals surface area (Å²) in [5.41, 5.74) is -0.0722. The van der Waals surface area contributed by atoms with Crippen molar-refractivity contribution in [3.05, 3.63) is 44.7 Å². The van der Waals surface area contributed by atoms with Crippen molar-refractivity contribution in [3.63, 3.8) is 0 Å². The van der Waals surface area contributed by atoms with Gasteiger partial charge in [-0.05, 0) is 31.5 Å². The number of carbonyl (C=O) groups is 1. The highest BCUT2D eigenvalue weighted by atomic mass is 35.5. The number of aryl methyl sites for hydroxylation is 2. The van der Waals surface area contributed by atoms with Crippen LogP contribution in [-0.2, 0) is 6.18 Å². The third-order valence-electron chi connectivity index (χ3n) is 2.77. The maximum atomic E-state index is 13.3. The standard InChI is InChI=1S/C13H9ClF4N2OS/c1-5-3-7(8(14)4-9(5)15)11(21)20-12-19-6(2)10(22-12)13(16,17)18/h3-4H,1-2H3,(H,19,20,21). The number of halogens is 5. The summed E-state index contributed by atoms with van der Waals surface area (Å²) in [6, 6.07) is 2.19. The van der Waals surface area contributed by atoms with Gasteiger partial charge in [0.25, 0.3) is 5.91 Å². The van der Waals surface area contributed by atoms with E-state index in [4.69, 9.17) is 11.6 Å². The van der Waals surface area contributed by atoms with Crippen LogP contribution in [0.15, 0.2) is 12.1 Å². The van der Waals surface area contributed by atoms with Crippen molar-refractivity contribution < 1.29 is 22.4 Å². The first-order valence-electron chi connectivity index (χ1n) is 5.91. The fraction of sp³-hybridized carbons (Fsp3) is 0.231. The second kappa shape index (κ2) is 5.85. The van der Waals surface area contributed by atoms with Crippen molar-refractivity contribution in [2.75, 3.05) is 5.32 Å². The minimum Gasteiger partial charge on any atom is -0.298 e. The van der Waals surface area contributed by atoms with Crippen molar-refractivity contribution in [1.29, 1.82) is 0 Å². The van der Waals surface area contributed by atoms with Gasteiger partial charge in [-0.1, -0.05) is 22.9 Å². The zero-order valence-corrected chi connectivity index (χ0v) is 12.9. The van der Waals surface area contributed by atoms with Crippen LogP contribution in [0.1, 0.15) is 26.5 Å². The average molecular weight is 353 g/mol. The van der Waals surface area contributed by atoms with E-state index in [9.17, 15) is 22.4 Å². The number of rotatable bonds is 2. The van der Waals surface area contributed by atoms with Gasteiger partial charge in [0.15, 0.2) is 5.13 Å². The Morgan fingerprint density at radius 2 is 1.95 bits per heavy atom. The van der Waals surface area contributed by atoms with Crippen molar-refractivity contribution in [2.45, 2.75) is 20.0 Å². The summed E-state index contributed by atoms with van der Waals surface area (Å²) in [6.07, 6.45) is -4.53. The third-order valence-corrected chi connectivity index (χ3v) is 4.20. The lowest BCUT2D eigenvalue weighted by Crippen LogP contribution is -2.13. The lowest BCUT2D eigenvalue weighted by Gasteiger charge is -2.06. The monoisotopic (exact) mass is 352 g/mol. The molecule has 22 heavy (non-hydrogen) atoms. The molecule has 0 unspecified atom stereocenters. The Morgan fingerprint density at radius 1 is 1.32 bits per heavy atom. The molecule has 2 rings (SSSR count). The highest BCUT2D eigenvalue weighted by molar-refractivity contribution is 7.16. The predicted molar refractivity (Wildman–Crippen MR) is 76.0 cm³/mol. The molecule has 0 aliphatic rings. The van der Waals surface area contributed by atoms with E-state index < -0.39 is 22.8 Å². The first-order valence-corrected chi connectivity index (χ1v) is 7.10. The van der Waals surface area contributed by atoms with Gasteiger partial charge in [-0.3, -0.25) is 10.1 Å². The highest BCUT2D eigenvalue weighted by Gasteiger charge is 2.36. The smallest absolute Gasteiger partial charge is 0.298 e. The molecular weight excluding hydrogens is 344 g/mol. The number of alkyl halides is 3. The Bertz CT molecular complexity index is 742. The zero-order chi connectivity index (χ0) is 16.7. The van der Waals surface area contributed by atoms with Crippen LogP contribution in [0, 0.1) is 19.7 Å². The van der Waals surface area contributed by atoms with E-state index >= 15 is 0 Å². The van der Waals surface area contributed by atoms with Crippen LogP contribution in [0.2, 0.25) is 5.02 Å². The van der Waals surface area contributed by atoms with E-state index in [2.05, 4.69) is 10.3 Å². The van der Waals surface area contributed by atoms with Crippen LogP contribution in [0.5, 0.6) is 0 Å². The molecule has 1 heterocycles. The molecule has 0 radical (unpaired) electrons. The van der Waals surface area contributed by atoms with Crippen LogP contribution in [0.25, 0.3) is 0 Å². The molecule has 0 fully saturated rings. The molecule has 1 aromatic carbocycles. The summed E-state index contributed by atoms with van der Waals surface area (Å²) in [6.45, 7) is 2.64. The Kier molecular flexibility index (Phi) is 4.44. The third kappa shape index (κ3) is 3.38. The highest BCUT2D eigenvalue weighted by Crippen LogP contribution is 2.38. The number of hydrogen-bond donors (Lipinski definition) is 1. The van der Waals surface area contributed by atoms with Crippen molar-refractivity contribution >= 4 is 34.0 Å². The SMILES string of the molecule is Cc1cc(C(=O)Nc2nc(C)c(C(F)(F)F)s2)c(Cl)cc1F. The van der Waals surface area contributed by atoms with Crippen LogP contribution in [0.3, 0.4) is 0 Å². The Hall–Kier alpha value is -1.67. The lowest BCUT2D eigenvalue weighted by molar-refractivity contribution is -0.134. The number of nitrogens with zero attached hydrogens (tertiary/aromatic N) is 1. The van der Waals surface area contributed by atoms with Crippen molar-refractivity contribution in [3.8, 4) is 0 Å². The molecule has 3 nitrogen and oxygen atoms in total. The molecule has 0 aliphatic heterocycles. The van der Waals surface area contributed by atoms with Gasteiger partial charge in [-0.2, -0.15) is 13.2 Å². The van der Waals surface area contributed by atoms with Crippen molar-refractivity contribution in [2.24, 2.45) is 0 Å². The molecule has 0 atom stereocenters. The number of benzene rings is 1. The van der Waals surface area contributed by atoms with E-state index in [0.29, 0.717) is 11.3 Å². The largest absolute Gasteiger partial charge is 0.427 e. The van der Waals surface area contributed by atoms with Crippen LogP contribution >= 0.6 is 22.9 Å². The summed E-state index contributed by atoms with van der Waals surface area (Å²) in [5.74, 6) is -1.33. The van der Waals surface area contributed by atoms with Crippen molar-refractivity contribution in [1.82, 2.24) is 4.98 Å². The fourth-order valence-corrected chi connectivity index (χ4v) is 2.77. The number of carbonyl (C=O) groups excluding carboxylic acids is 1. The summed E-state index contributed by atoms with van der Waals surface area (Å²) in [4.78, 5) is 14.8. The number of anilines is 1. The van der Waals surface area contributed by atoms with E-state index in [1.807, 2.05) is 0 Å². The molecule has 0 bridgehead atoms. The maximum Gasteiger partial charge on any atom is 0.427 e. The zero-order valence-electron chi connectivity index (χ0n) is 11.3. The van der Waals surface area contributed by atoms with Gasteiger partial charge in [0.2, 0.25) is 0 Å². The van der Waals surface area contributed by atoms with Gasteiger partial charge in [-0.25, -0.2) is 9.37 Å². The molecule has 0 spiro atoms. The first kappa shape index (κ1) is 16.7. The molecule has 0 saturated heterocycles. The Balaban J connectivity index is 2.29. The predicted octanol–water partition coefficient (Wildman–Crippen LogP) is 4.82. The van der Waals surface area contributed by atoms with Crippen LogP contribution in [0.4, 0.5) is 22.7 Å². The van der Waals surface area contributed by atoms with Gasteiger partial charge >= 0.3 is 6.18 Å². The molecule has 1 amide bonds. The van der Waals surface area contributed by atoms with Gasteiger partial charge < -0.3 is 0 Å². The summed E-state index contributed by atoms with van der Waals surface area (Å²) in [5, 5.41) is 1.91.